The maximum Gasteiger partial charge on any atom is 0.222 e. The lowest BCUT2D eigenvalue weighted by Gasteiger charge is -2.07. The minimum Gasteiger partial charge on any atom is -0.492 e. The second-order valence-electron chi connectivity index (χ2n) is 3.61. The number of nitrogens with one attached hydrogen (secondary N) is 1. The van der Waals surface area contributed by atoms with E-state index >= 15 is 0 Å². The molecule has 4 heteroatoms. The Morgan fingerprint density at radius 3 is 2.76 bits per heavy atom. The van der Waals surface area contributed by atoms with Crippen molar-refractivity contribution in [3.8, 4) is 5.75 Å². The van der Waals surface area contributed by atoms with Crippen molar-refractivity contribution in [2.24, 2.45) is 0 Å². The van der Waals surface area contributed by atoms with Crippen LogP contribution < -0.4 is 10.1 Å². The molecule has 0 spiro atoms. The Bertz CT molecular complexity index is 459. The van der Waals surface area contributed by atoms with Crippen LogP contribution in [0, 0.1) is 6.92 Å². The van der Waals surface area contributed by atoms with Gasteiger partial charge in [-0.1, -0.05) is 18.2 Å². The van der Waals surface area contributed by atoms with Gasteiger partial charge in [0.25, 0.3) is 0 Å². The zero-order chi connectivity index (χ0) is 11.9. The molecule has 0 aliphatic heterocycles. The summed E-state index contributed by atoms with van der Waals surface area (Å²) in [4.78, 5) is 8.35. The quantitative estimate of drug-likeness (QED) is 0.799. The molecule has 1 aromatic carbocycles. The molecular weight excluding hydrogens is 214 g/mol. The van der Waals surface area contributed by atoms with E-state index in [2.05, 4.69) is 15.3 Å². The molecule has 17 heavy (non-hydrogen) atoms. The number of benzene rings is 1. The van der Waals surface area contributed by atoms with Gasteiger partial charge in [0.05, 0.1) is 6.54 Å². The van der Waals surface area contributed by atoms with Crippen LogP contribution in [-0.2, 0) is 0 Å². The van der Waals surface area contributed by atoms with Gasteiger partial charge >= 0.3 is 0 Å². The first-order valence-electron chi connectivity index (χ1n) is 5.56. The van der Waals surface area contributed by atoms with Gasteiger partial charge in [0, 0.05) is 11.9 Å². The molecule has 0 radical (unpaired) electrons. The lowest BCUT2D eigenvalue weighted by molar-refractivity contribution is 0.332. The van der Waals surface area contributed by atoms with Gasteiger partial charge in [0.15, 0.2) is 0 Å². The molecule has 0 amide bonds. The van der Waals surface area contributed by atoms with E-state index in [0.717, 1.165) is 11.4 Å². The highest BCUT2D eigenvalue weighted by molar-refractivity contribution is 5.25. The van der Waals surface area contributed by atoms with E-state index in [0.29, 0.717) is 19.1 Å². The Kier molecular flexibility index (Phi) is 3.91. The Morgan fingerprint density at radius 2 is 2.00 bits per heavy atom. The monoisotopic (exact) mass is 229 g/mol. The van der Waals surface area contributed by atoms with E-state index in [9.17, 15) is 0 Å². The maximum absolute atomic E-state index is 5.54. The Balaban J connectivity index is 1.73. The summed E-state index contributed by atoms with van der Waals surface area (Å²) in [6, 6.07) is 11.6. The van der Waals surface area contributed by atoms with Crippen molar-refractivity contribution in [1.82, 2.24) is 9.97 Å². The summed E-state index contributed by atoms with van der Waals surface area (Å²) < 4.78 is 5.54. The second kappa shape index (κ2) is 5.84. The smallest absolute Gasteiger partial charge is 0.222 e. The first-order valence-corrected chi connectivity index (χ1v) is 5.56. The molecule has 0 atom stereocenters. The molecule has 0 fully saturated rings. The highest BCUT2D eigenvalue weighted by atomic mass is 16.5. The molecule has 0 bridgehead atoms. The first kappa shape index (κ1) is 11.4. The lowest BCUT2D eigenvalue weighted by Crippen LogP contribution is -2.13. The molecule has 2 aromatic rings. The maximum atomic E-state index is 5.54. The molecule has 0 saturated carbocycles. The minimum absolute atomic E-state index is 0.585. The van der Waals surface area contributed by atoms with Crippen LogP contribution in [-0.4, -0.2) is 23.1 Å². The standard InChI is InChI=1S/C13H15N3O/c1-11-7-8-14-13(16-11)15-9-10-17-12-5-3-2-4-6-12/h2-8H,9-10H2,1H3,(H,14,15,16). The van der Waals surface area contributed by atoms with E-state index in [-0.39, 0.29) is 0 Å². The van der Waals surface area contributed by atoms with Gasteiger partial charge in [-0.2, -0.15) is 0 Å². The molecule has 2 rings (SSSR count). The average molecular weight is 229 g/mol. The zero-order valence-electron chi connectivity index (χ0n) is 9.76. The number of para-hydroxylation sites is 1. The fraction of sp³-hybridized carbons (Fsp3) is 0.231. The molecule has 4 nitrogen and oxygen atoms in total. The fourth-order valence-corrected chi connectivity index (χ4v) is 1.38. The van der Waals surface area contributed by atoms with Crippen molar-refractivity contribution >= 4 is 5.95 Å². The van der Waals surface area contributed by atoms with E-state index in [1.54, 1.807) is 6.20 Å². The summed E-state index contributed by atoms with van der Waals surface area (Å²) in [7, 11) is 0. The zero-order valence-corrected chi connectivity index (χ0v) is 9.76. The average Bonchev–Trinajstić information content (AvgIpc) is 2.36. The predicted octanol–water partition coefficient (Wildman–Crippen LogP) is 2.28. The van der Waals surface area contributed by atoms with Gasteiger partial charge in [-0.25, -0.2) is 9.97 Å². The molecule has 0 saturated heterocycles. The molecule has 1 heterocycles. The van der Waals surface area contributed by atoms with Crippen LogP contribution in [0.25, 0.3) is 0 Å². The predicted molar refractivity (Wildman–Crippen MR) is 67.2 cm³/mol. The fourth-order valence-electron chi connectivity index (χ4n) is 1.38. The van der Waals surface area contributed by atoms with E-state index in [1.165, 1.54) is 0 Å². The number of rotatable bonds is 5. The van der Waals surface area contributed by atoms with Gasteiger partial charge in [-0.15, -0.1) is 0 Å². The number of hydrogen-bond donors (Lipinski definition) is 1. The number of anilines is 1. The van der Waals surface area contributed by atoms with Crippen LogP contribution in [0.15, 0.2) is 42.6 Å². The Labute approximate surface area is 101 Å². The summed E-state index contributed by atoms with van der Waals surface area (Å²) in [5.41, 5.74) is 0.950. The summed E-state index contributed by atoms with van der Waals surface area (Å²) in [6.07, 6.45) is 1.74. The SMILES string of the molecule is Cc1ccnc(NCCOc2ccccc2)n1. The first-order chi connectivity index (χ1) is 8.34. The van der Waals surface area contributed by atoms with Crippen LogP contribution in [0.3, 0.4) is 0 Å². The summed E-state index contributed by atoms with van der Waals surface area (Å²) in [5, 5.41) is 3.11. The van der Waals surface area contributed by atoms with Crippen LogP contribution >= 0.6 is 0 Å². The van der Waals surface area contributed by atoms with Crippen molar-refractivity contribution in [3.63, 3.8) is 0 Å². The van der Waals surface area contributed by atoms with Gasteiger partial charge in [0.2, 0.25) is 5.95 Å². The largest absolute Gasteiger partial charge is 0.492 e. The second-order valence-corrected chi connectivity index (χ2v) is 3.61. The van der Waals surface area contributed by atoms with Crippen LogP contribution in [0.2, 0.25) is 0 Å². The summed E-state index contributed by atoms with van der Waals surface area (Å²) in [6.45, 7) is 3.20. The molecule has 1 N–H and O–H groups in total. The summed E-state index contributed by atoms with van der Waals surface area (Å²) >= 11 is 0. The lowest BCUT2D eigenvalue weighted by atomic mass is 10.3. The third-order valence-corrected chi connectivity index (χ3v) is 2.19. The van der Waals surface area contributed by atoms with Crippen molar-refractivity contribution in [2.75, 3.05) is 18.5 Å². The van der Waals surface area contributed by atoms with Crippen molar-refractivity contribution in [2.45, 2.75) is 6.92 Å². The number of aryl methyl sites for hydroxylation is 1. The number of hydrogen-bond acceptors (Lipinski definition) is 4. The van der Waals surface area contributed by atoms with Gasteiger partial charge < -0.3 is 10.1 Å². The third kappa shape index (κ3) is 3.75. The van der Waals surface area contributed by atoms with E-state index in [1.807, 2.05) is 43.3 Å². The Morgan fingerprint density at radius 1 is 1.18 bits per heavy atom. The topological polar surface area (TPSA) is 47.0 Å². The van der Waals surface area contributed by atoms with Gasteiger partial charge in [-0.3, -0.25) is 0 Å². The van der Waals surface area contributed by atoms with Crippen LogP contribution in [0.1, 0.15) is 5.69 Å². The normalized spacial score (nSPS) is 9.94. The summed E-state index contributed by atoms with van der Waals surface area (Å²) in [5.74, 6) is 1.51. The van der Waals surface area contributed by atoms with Crippen LogP contribution in [0.4, 0.5) is 5.95 Å². The van der Waals surface area contributed by atoms with Crippen LogP contribution in [0.5, 0.6) is 5.75 Å². The number of ether oxygens (including phenoxy) is 1. The van der Waals surface area contributed by atoms with Crippen molar-refractivity contribution in [3.05, 3.63) is 48.3 Å². The highest BCUT2D eigenvalue weighted by Gasteiger charge is 1.95. The number of aromatic nitrogens is 2. The minimum atomic E-state index is 0.585. The van der Waals surface area contributed by atoms with Crippen molar-refractivity contribution < 1.29 is 4.74 Å². The molecule has 0 unspecified atom stereocenters. The molecule has 88 valence electrons. The molecule has 0 aliphatic carbocycles. The van der Waals surface area contributed by atoms with E-state index < -0.39 is 0 Å². The third-order valence-electron chi connectivity index (χ3n) is 2.19. The van der Waals surface area contributed by atoms with Crippen molar-refractivity contribution in [1.29, 1.82) is 0 Å². The van der Waals surface area contributed by atoms with E-state index in [4.69, 9.17) is 4.74 Å². The molecule has 0 aliphatic rings. The van der Waals surface area contributed by atoms with Gasteiger partial charge in [-0.05, 0) is 25.1 Å². The Hall–Kier alpha value is -2.10. The molecular formula is C13H15N3O. The number of nitrogens with zero attached hydrogens (tertiary/aromatic N) is 2. The molecule has 1 aromatic heterocycles. The van der Waals surface area contributed by atoms with Gasteiger partial charge in [0.1, 0.15) is 12.4 Å². The highest BCUT2D eigenvalue weighted by Crippen LogP contribution is 2.07.